The van der Waals surface area contributed by atoms with E-state index in [-0.39, 0.29) is 0 Å². The zero-order valence-corrected chi connectivity index (χ0v) is 13.8. The van der Waals surface area contributed by atoms with Gasteiger partial charge in [-0.3, -0.25) is 0 Å². The number of rotatable bonds is 4. The largest absolute Gasteiger partial charge is 0.377 e. The molecule has 2 heterocycles. The molecule has 1 aliphatic heterocycles. The predicted molar refractivity (Wildman–Crippen MR) is 89.1 cm³/mol. The Hall–Kier alpha value is -1.72. The molecular formula is C19H23N3O2. The van der Waals surface area contributed by atoms with Crippen LogP contribution in [0.3, 0.4) is 0 Å². The predicted octanol–water partition coefficient (Wildman–Crippen LogP) is 3.17. The summed E-state index contributed by atoms with van der Waals surface area (Å²) in [6.45, 7) is 1.57. The zero-order chi connectivity index (χ0) is 16.0. The van der Waals surface area contributed by atoms with Gasteiger partial charge in [-0.25, -0.2) is 0 Å². The summed E-state index contributed by atoms with van der Waals surface area (Å²) in [5.74, 6) is 2.00. The summed E-state index contributed by atoms with van der Waals surface area (Å²) in [6, 6.07) is 10.5. The molecule has 1 unspecified atom stereocenters. The monoisotopic (exact) mass is 325 g/mol. The molecule has 3 atom stereocenters. The molecule has 24 heavy (non-hydrogen) atoms. The molecule has 2 aliphatic carbocycles. The van der Waals surface area contributed by atoms with Gasteiger partial charge < -0.3 is 14.6 Å². The maximum absolute atomic E-state index is 6.04. The summed E-state index contributed by atoms with van der Waals surface area (Å²) < 4.78 is 11.5. The van der Waals surface area contributed by atoms with Gasteiger partial charge >= 0.3 is 0 Å². The third-order valence-corrected chi connectivity index (χ3v) is 6.26. The minimum Gasteiger partial charge on any atom is -0.377 e. The van der Waals surface area contributed by atoms with Crippen molar-refractivity contribution in [3.63, 3.8) is 0 Å². The zero-order valence-electron chi connectivity index (χ0n) is 13.8. The van der Waals surface area contributed by atoms with E-state index in [4.69, 9.17) is 9.26 Å². The van der Waals surface area contributed by atoms with Crippen molar-refractivity contribution >= 4 is 0 Å². The minimum atomic E-state index is 0.365. The average Bonchev–Trinajstić information content (AvgIpc) is 3.36. The van der Waals surface area contributed by atoms with Crippen LogP contribution in [0.2, 0.25) is 0 Å². The fourth-order valence-electron chi connectivity index (χ4n) is 5.24. The maximum Gasteiger partial charge on any atom is 0.240 e. The molecule has 0 amide bonds. The van der Waals surface area contributed by atoms with Crippen LogP contribution in [-0.4, -0.2) is 28.9 Å². The Morgan fingerprint density at radius 2 is 2.00 bits per heavy atom. The van der Waals surface area contributed by atoms with Crippen molar-refractivity contribution in [2.75, 3.05) is 6.61 Å². The van der Waals surface area contributed by atoms with E-state index in [0.717, 1.165) is 12.2 Å². The van der Waals surface area contributed by atoms with Gasteiger partial charge in [0.1, 0.15) is 0 Å². The number of aromatic nitrogens is 2. The van der Waals surface area contributed by atoms with E-state index < -0.39 is 0 Å². The highest BCUT2D eigenvalue weighted by Gasteiger charge is 2.64. The number of hydrogen-bond donors (Lipinski definition) is 1. The lowest BCUT2D eigenvalue weighted by atomic mass is 9.54. The van der Waals surface area contributed by atoms with Crippen molar-refractivity contribution in [1.82, 2.24) is 15.5 Å². The lowest BCUT2D eigenvalue weighted by Gasteiger charge is -2.57. The van der Waals surface area contributed by atoms with Gasteiger partial charge in [0.15, 0.2) is 0 Å². The molecule has 5 heteroatoms. The first-order valence-corrected chi connectivity index (χ1v) is 9.10. The van der Waals surface area contributed by atoms with E-state index in [2.05, 4.69) is 15.5 Å². The Labute approximate surface area is 141 Å². The van der Waals surface area contributed by atoms with Gasteiger partial charge in [0, 0.05) is 29.5 Å². The molecule has 2 saturated carbocycles. The topological polar surface area (TPSA) is 60.2 Å². The lowest BCUT2D eigenvalue weighted by molar-refractivity contribution is -0.131. The molecule has 0 radical (unpaired) electrons. The highest BCUT2D eigenvalue weighted by Crippen LogP contribution is 2.60. The van der Waals surface area contributed by atoms with Gasteiger partial charge in [-0.1, -0.05) is 48.3 Å². The molecule has 5 nitrogen and oxygen atoms in total. The number of nitrogens with one attached hydrogen (secondary N) is 1. The van der Waals surface area contributed by atoms with Crippen LogP contribution in [0, 0.1) is 11.3 Å². The summed E-state index contributed by atoms with van der Waals surface area (Å²) in [5.41, 5.74) is 1.36. The number of nitrogens with zero attached hydrogens (tertiary/aromatic N) is 2. The smallest absolute Gasteiger partial charge is 0.240 e. The Bertz CT molecular complexity index is 708. The van der Waals surface area contributed by atoms with Gasteiger partial charge in [-0.05, 0) is 19.3 Å². The van der Waals surface area contributed by atoms with Crippen LogP contribution in [0.15, 0.2) is 34.9 Å². The average molecular weight is 325 g/mol. The van der Waals surface area contributed by atoms with Crippen molar-refractivity contribution in [2.24, 2.45) is 11.3 Å². The van der Waals surface area contributed by atoms with E-state index in [0.29, 0.717) is 41.7 Å². The minimum absolute atomic E-state index is 0.365. The second-order valence-corrected chi connectivity index (χ2v) is 7.42. The molecule has 5 rings (SSSR count). The fraction of sp³-hybridized carbons (Fsp3) is 0.579. The molecule has 0 bridgehead atoms. The molecule has 1 saturated heterocycles. The van der Waals surface area contributed by atoms with Gasteiger partial charge in [-0.2, -0.15) is 4.98 Å². The van der Waals surface area contributed by atoms with Crippen molar-refractivity contribution in [2.45, 2.75) is 50.8 Å². The third-order valence-electron chi connectivity index (χ3n) is 6.26. The Morgan fingerprint density at radius 3 is 2.83 bits per heavy atom. The second-order valence-electron chi connectivity index (χ2n) is 7.42. The summed E-state index contributed by atoms with van der Waals surface area (Å²) in [5, 5.41) is 7.84. The van der Waals surface area contributed by atoms with Crippen LogP contribution < -0.4 is 5.32 Å². The molecule has 3 fully saturated rings. The standard InChI is InChI=1S/C19H23N3O2/c1-2-6-13(7-3-1)18-21-15(24-22-18)12-20-16-14-8-11-23-17(14)19(16)9-4-5-10-19/h1-3,6-7,14,16-17,20H,4-5,8-12H2/t14-,16?,17-/m0/s1. The van der Waals surface area contributed by atoms with Crippen molar-refractivity contribution in [3.8, 4) is 11.4 Å². The van der Waals surface area contributed by atoms with Crippen molar-refractivity contribution < 1.29 is 9.26 Å². The van der Waals surface area contributed by atoms with E-state index in [1.807, 2.05) is 30.3 Å². The number of hydrogen-bond acceptors (Lipinski definition) is 5. The maximum atomic E-state index is 6.04. The Morgan fingerprint density at radius 1 is 1.17 bits per heavy atom. The number of fused-ring (bicyclic) bond motifs is 2. The summed E-state index contributed by atoms with van der Waals surface area (Å²) in [4.78, 5) is 4.54. The third kappa shape index (κ3) is 2.15. The van der Waals surface area contributed by atoms with Crippen LogP contribution in [0.4, 0.5) is 0 Å². The summed E-state index contributed by atoms with van der Waals surface area (Å²) >= 11 is 0. The highest BCUT2D eigenvalue weighted by molar-refractivity contribution is 5.53. The van der Waals surface area contributed by atoms with E-state index in [9.17, 15) is 0 Å². The molecule has 1 N–H and O–H groups in total. The quantitative estimate of drug-likeness (QED) is 0.935. The summed E-state index contributed by atoms with van der Waals surface area (Å²) in [6.07, 6.45) is 6.94. The molecule has 2 aromatic rings. The number of benzene rings is 1. The van der Waals surface area contributed by atoms with Gasteiger partial charge in [0.25, 0.3) is 0 Å². The van der Waals surface area contributed by atoms with E-state index >= 15 is 0 Å². The van der Waals surface area contributed by atoms with Crippen LogP contribution in [-0.2, 0) is 11.3 Å². The highest BCUT2D eigenvalue weighted by atomic mass is 16.5. The molecule has 3 aliphatic rings. The first kappa shape index (κ1) is 14.6. The second kappa shape index (κ2) is 5.67. The fourth-order valence-corrected chi connectivity index (χ4v) is 5.24. The molecule has 1 aromatic carbocycles. The SMILES string of the molecule is c1ccc(-c2noc(CNC3[C@@H]4CCO[C@@H]4C34CCCC4)n2)cc1. The molecular weight excluding hydrogens is 302 g/mol. The Kier molecular flexibility index (Phi) is 3.45. The van der Waals surface area contributed by atoms with E-state index in [1.165, 1.54) is 32.1 Å². The van der Waals surface area contributed by atoms with Gasteiger partial charge in [-0.15, -0.1) is 0 Å². The normalized spacial score (nSPS) is 30.4. The van der Waals surface area contributed by atoms with Gasteiger partial charge in [0.05, 0.1) is 12.6 Å². The van der Waals surface area contributed by atoms with E-state index in [1.54, 1.807) is 0 Å². The van der Waals surface area contributed by atoms with Crippen LogP contribution in [0.1, 0.15) is 38.0 Å². The first-order valence-electron chi connectivity index (χ1n) is 9.10. The number of ether oxygens (including phenoxy) is 1. The first-order chi connectivity index (χ1) is 11.9. The lowest BCUT2D eigenvalue weighted by Crippen LogP contribution is -2.67. The molecule has 126 valence electrons. The van der Waals surface area contributed by atoms with Crippen molar-refractivity contribution in [1.29, 1.82) is 0 Å². The van der Waals surface area contributed by atoms with Crippen LogP contribution in [0.5, 0.6) is 0 Å². The van der Waals surface area contributed by atoms with Gasteiger partial charge in [0.2, 0.25) is 11.7 Å². The van der Waals surface area contributed by atoms with Crippen molar-refractivity contribution in [3.05, 3.63) is 36.2 Å². The Balaban J connectivity index is 1.29. The summed E-state index contributed by atoms with van der Waals surface area (Å²) in [7, 11) is 0. The van der Waals surface area contributed by atoms with Crippen LogP contribution in [0.25, 0.3) is 11.4 Å². The van der Waals surface area contributed by atoms with Crippen LogP contribution >= 0.6 is 0 Å². The molecule has 1 aromatic heterocycles. The molecule has 1 spiro atoms.